The van der Waals surface area contributed by atoms with E-state index in [1.807, 2.05) is 25.7 Å². The normalized spacial score (nSPS) is 29.9. The van der Waals surface area contributed by atoms with Crippen LogP contribution in [-0.4, -0.2) is 52.7 Å². The summed E-state index contributed by atoms with van der Waals surface area (Å²) in [5, 5.41) is 0. The molecule has 0 aromatic rings. The second-order valence-electron chi connectivity index (χ2n) is 7.12. The molecule has 2 rings (SSSR count). The third kappa shape index (κ3) is 3.27. The summed E-state index contributed by atoms with van der Waals surface area (Å²) >= 11 is 0. The highest BCUT2D eigenvalue weighted by molar-refractivity contribution is 5.69. The Bertz CT molecular complexity index is 333. The predicted molar refractivity (Wildman–Crippen MR) is 80.8 cm³/mol. The molecule has 1 unspecified atom stereocenters. The van der Waals surface area contributed by atoms with Crippen molar-refractivity contribution in [2.45, 2.75) is 84.0 Å². The third-order valence-electron chi connectivity index (χ3n) is 4.64. The van der Waals surface area contributed by atoms with Gasteiger partial charge in [0.1, 0.15) is 5.60 Å². The van der Waals surface area contributed by atoms with Crippen molar-refractivity contribution in [3.05, 3.63) is 0 Å². The summed E-state index contributed by atoms with van der Waals surface area (Å²) in [4.78, 5) is 17.0. The lowest BCUT2D eigenvalue weighted by molar-refractivity contribution is -0.00336. The van der Waals surface area contributed by atoms with Crippen molar-refractivity contribution in [3.8, 4) is 0 Å². The van der Waals surface area contributed by atoms with Crippen LogP contribution in [0.15, 0.2) is 0 Å². The number of nitrogens with zero attached hydrogens (tertiary/aromatic N) is 2. The van der Waals surface area contributed by atoms with Gasteiger partial charge >= 0.3 is 6.09 Å². The summed E-state index contributed by atoms with van der Waals surface area (Å²) in [7, 11) is 0. The average Bonchev–Trinajstić information content (AvgIpc) is 2.61. The maximum atomic E-state index is 12.4. The molecule has 2 fully saturated rings. The summed E-state index contributed by atoms with van der Waals surface area (Å²) in [5.41, 5.74) is -0.397. The number of carbonyl (C=O) groups is 1. The first-order valence-electron chi connectivity index (χ1n) is 8.11. The van der Waals surface area contributed by atoms with Crippen LogP contribution < -0.4 is 0 Å². The van der Waals surface area contributed by atoms with Gasteiger partial charge in [0.2, 0.25) is 0 Å². The van der Waals surface area contributed by atoms with Crippen LogP contribution in [0.4, 0.5) is 4.79 Å². The van der Waals surface area contributed by atoms with Crippen molar-refractivity contribution < 1.29 is 9.53 Å². The molecule has 116 valence electrons. The first-order chi connectivity index (χ1) is 9.35. The van der Waals surface area contributed by atoms with E-state index < -0.39 is 5.60 Å². The molecule has 1 amide bonds. The zero-order chi connectivity index (χ0) is 14.9. The summed E-state index contributed by atoms with van der Waals surface area (Å²) in [6, 6.07) is 1.41. The Balaban J connectivity index is 2.02. The molecule has 0 saturated carbocycles. The Labute approximate surface area is 123 Å². The average molecular weight is 282 g/mol. The number of amides is 1. The van der Waals surface area contributed by atoms with E-state index in [1.54, 1.807) is 0 Å². The summed E-state index contributed by atoms with van der Waals surface area (Å²) in [6.45, 7) is 12.5. The zero-order valence-corrected chi connectivity index (χ0v) is 13.7. The molecule has 2 saturated heterocycles. The number of piperidine rings is 1. The number of ether oxygens (including phenoxy) is 1. The highest BCUT2D eigenvalue weighted by Crippen LogP contribution is 2.38. The number of hydrogen-bond donors (Lipinski definition) is 0. The Morgan fingerprint density at radius 1 is 1.15 bits per heavy atom. The van der Waals surface area contributed by atoms with Crippen molar-refractivity contribution in [2.24, 2.45) is 0 Å². The van der Waals surface area contributed by atoms with Crippen LogP contribution in [-0.2, 0) is 4.74 Å². The van der Waals surface area contributed by atoms with Gasteiger partial charge in [-0.25, -0.2) is 4.79 Å². The van der Waals surface area contributed by atoms with Gasteiger partial charge in [0.15, 0.2) is 0 Å². The number of fused-ring (bicyclic) bond motifs is 2. The number of hydrogen-bond acceptors (Lipinski definition) is 3. The van der Waals surface area contributed by atoms with E-state index in [-0.39, 0.29) is 6.09 Å². The van der Waals surface area contributed by atoms with E-state index in [0.29, 0.717) is 18.1 Å². The molecule has 4 heteroatoms. The van der Waals surface area contributed by atoms with E-state index >= 15 is 0 Å². The summed E-state index contributed by atoms with van der Waals surface area (Å²) in [5.74, 6) is 0. The highest BCUT2D eigenvalue weighted by atomic mass is 16.6. The molecule has 0 spiro atoms. The molecular weight excluding hydrogens is 252 g/mol. The lowest BCUT2D eigenvalue weighted by Gasteiger charge is -2.43. The number of rotatable bonds is 3. The van der Waals surface area contributed by atoms with Crippen LogP contribution in [0.1, 0.15) is 60.3 Å². The lowest BCUT2D eigenvalue weighted by Crippen LogP contribution is -2.53. The largest absolute Gasteiger partial charge is 0.444 e. The molecule has 4 nitrogen and oxygen atoms in total. The number of carbonyl (C=O) groups excluding carboxylic acids is 1. The topological polar surface area (TPSA) is 32.8 Å². The van der Waals surface area contributed by atoms with Crippen LogP contribution >= 0.6 is 0 Å². The van der Waals surface area contributed by atoms with Gasteiger partial charge in [-0.1, -0.05) is 13.8 Å². The van der Waals surface area contributed by atoms with E-state index in [0.717, 1.165) is 38.8 Å². The molecule has 2 aliphatic rings. The minimum absolute atomic E-state index is 0.108. The van der Waals surface area contributed by atoms with Gasteiger partial charge in [0.05, 0.1) is 0 Å². The fourth-order valence-corrected chi connectivity index (χ4v) is 3.80. The van der Waals surface area contributed by atoms with Gasteiger partial charge in [-0.05, 0) is 59.5 Å². The molecule has 0 aromatic heterocycles. The van der Waals surface area contributed by atoms with Gasteiger partial charge in [-0.2, -0.15) is 0 Å². The fourth-order valence-electron chi connectivity index (χ4n) is 3.80. The van der Waals surface area contributed by atoms with E-state index in [1.165, 1.54) is 0 Å². The highest BCUT2D eigenvalue weighted by Gasteiger charge is 2.45. The standard InChI is InChI=1S/C16H30N2O2/c1-6-17(7-2)14-10-12-8-9-13(11-14)18(12)15(19)20-16(3,4)5/h12-14H,6-11H2,1-5H3/t12-,13+,14?. The van der Waals surface area contributed by atoms with E-state index in [2.05, 4.69) is 18.7 Å². The van der Waals surface area contributed by atoms with Crippen LogP contribution in [0.3, 0.4) is 0 Å². The van der Waals surface area contributed by atoms with Crippen LogP contribution in [0.2, 0.25) is 0 Å². The van der Waals surface area contributed by atoms with Gasteiger partial charge in [-0.15, -0.1) is 0 Å². The molecule has 0 N–H and O–H groups in total. The second-order valence-corrected chi connectivity index (χ2v) is 7.12. The van der Waals surface area contributed by atoms with Gasteiger partial charge in [-0.3, -0.25) is 0 Å². The monoisotopic (exact) mass is 282 g/mol. The molecule has 0 aliphatic carbocycles. The molecule has 2 heterocycles. The quantitative estimate of drug-likeness (QED) is 0.796. The van der Waals surface area contributed by atoms with Crippen LogP contribution in [0.5, 0.6) is 0 Å². The minimum Gasteiger partial charge on any atom is -0.444 e. The molecule has 3 atom stereocenters. The Morgan fingerprint density at radius 3 is 2.05 bits per heavy atom. The van der Waals surface area contributed by atoms with Crippen molar-refractivity contribution in [1.29, 1.82) is 0 Å². The van der Waals surface area contributed by atoms with E-state index in [4.69, 9.17) is 4.74 Å². The molecule has 0 aromatic carbocycles. The maximum absolute atomic E-state index is 12.4. The predicted octanol–water partition coefficient (Wildman–Crippen LogP) is 3.26. The summed E-state index contributed by atoms with van der Waals surface area (Å²) in [6.07, 6.45) is 4.39. The van der Waals surface area contributed by atoms with Crippen molar-refractivity contribution in [1.82, 2.24) is 9.80 Å². The Morgan fingerprint density at radius 2 is 1.65 bits per heavy atom. The van der Waals surface area contributed by atoms with Crippen LogP contribution in [0, 0.1) is 0 Å². The lowest BCUT2D eigenvalue weighted by atomic mass is 9.96. The van der Waals surface area contributed by atoms with Crippen molar-refractivity contribution in [3.63, 3.8) is 0 Å². The first kappa shape index (κ1) is 15.6. The smallest absolute Gasteiger partial charge is 0.410 e. The Kier molecular flexibility index (Phi) is 4.62. The SMILES string of the molecule is CCN(CC)C1C[C@H]2CC[C@@H](C1)N2C(=O)OC(C)(C)C. The van der Waals surface area contributed by atoms with E-state index in [9.17, 15) is 4.79 Å². The molecule has 2 aliphatic heterocycles. The van der Waals surface area contributed by atoms with Crippen LogP contribution in [0.25, 0.3) is 0 Å². The fraction of sp³-hybridized carbons (Fsp3) is 0.938. The first-order valence-corrected chi connectivity index (χ1v) is 8.11. The summed E-state index contributed by atoms with van der Waals surface area (Å²) < 4.78 is 5.58. The zero-order valence-electron chi connectivity index (χ0n) is 13.7. The minimum atomic E-state index is -0.397. The Hall–Kier alpha value is -0.770. The van der Waals surface area contributed by atoms with Gasteiger partial charge in [0.25, 0.3) is 0 Å². The molecular formula is C16H30N2O2. The molecule has 0 radical (unpaired) electrons. The third-order valence-corrected chi connectivity index (χ3v) is 4.64. The van der Waals surface area contributed by atoms with Gasteiger partial charge in [0, 0.05) is 18.1 Å². The second kappa shape index (κ2) is 5.92. The van der Waals surface area contributed by atoms with Gasteiger partial charge < -0.3 is 14.5 Å². The molecule has 20 heavy (non-hydrogen) atoms. The molecule has 2 bridgehead atoms. The maximum Gasteiger partial charge on any atom is 0.410 e. The van der Waals surface area contributed by atoms with Crippen molar-refractivity contribution >= 4 is 6.09 Å². The van der Waals surface area contributed by atoms with Crippen molar-refractivity contribution in [2.75, 3.05) is 13.1 Å².